The molecule has 0 N–H and O–H groups in total. The second-order valence-corrected chi connectivity index (χ2v) is 7.82. The number of carbonyl (C=O) groups is 1. The van der Waals surface area contributed by atoms with Gasteiger partial charge in [0.2, 0.25) is 5.91 Å². The SMILES string of the molecule is CCn1c(Cc2ccc(OC)cc2)nnc1SCC(=O)N1CCc2ccccc21. The first-order valence-corrected chi connectivity index (χ1v) is 10.7. The van der Waals surface area contributed by atoms with E-state index in [0.717, 1.165) is 47.5 Å². The van der Waals surface area contributed by atoms with Crippen molar-refractivity contribution in [2.75, 3.05) is 24.3 Å². The van der Waals surface area contributed by atoms with Gasteiger partial charge in [-0.1, -0.05) is 42.1 Å². The predicted octanol–water partition coefficient (Wildman–Crippen LogP) is 3.58. The lowest BCUT2D eigenvalue weighted by atomic mass is 10.1. The van der Waals surface area contributed by atoms with Crippen LogP contribution in [0.5, 0.6) is 5.75 Å². The molecule has 1 amide bonds. The number of nitrogens with zero attached hydrogens (tertiary/aromatic N) is 4. The van der Waals surface area contributed by atoms with Crippen molar-refractivity contribution in [3.8, 4) is 5.75 Å². The molecule has 0 spiro atoms. The minimum absolute atomic E-state index is 0.113. The highest BCUT2D eigenvalue weighted by Crippen LogP contribution is 2.29. The van der Waals surface area contributed by atoms with Crippen LogP contribution in [0.4, 0.5) is 5.69 Å². The molecule has 2 heterocycles. The molecule has 0 saturated carbocycles. The van der Waals surface area contributed by atoms with Crippen LogP contribution in [0, 0.1) is 0 Å². The first-order valence-electron chi connectivity index (χ1n) is 9.75. The van der Waals surface area contributed by atoms with E-state index in [-0.39, 0.29) is 5.91 Å². The molecule has 0 atom stereocenters. The van der Waals surface area contributed by atoms with E-state index in [1.165, 1.54) is 17.3 Å². The molecule has 150 valence electrons. The van der Waals surface area contributed by atoms with Crippen LogP contribution in [-0.2, 0) is 24.2 Å². The zero-order chi connectivity index (χ0) is 20.2. The van der Waals surface area contributed by atoms with Crippen molar-refractivity contribution in [1.29, 1.82) is 0 Å². The summed E-state index contributed by atoms with van der Waals surface area (Å²) >= 11 is 1.46. The van der Waals surface area contributed by atoms with Gasteiger partial charge in [0.1, 0.15) is 11.6 Å². The molecule has 1 aromatic heterocycles. The molecule has 6 nitrogen and oxygen atoms in total. The van der Waals surface area contributed by atoms with Crippen molar-refractivity contribution in [3.05, 3.63) is 65.5 Å². The number of para-hydroxylation sites is 1. The standard InChI is InChI=1S/C22H24N4O2S/c1-3-25-20(14-16-8-10-18(28-2)11-9-16)23-24-22(25)29-15-21(27)26-13-12-17-6-4-5-7-19(17)26/h4-11H,3,12-15H2,1-2H3. The highest BCUT2D eigenvalue weighted by molar-refractivity contribution is 7.99. The van der Waals surface area contributed by atoms with Crippen molar-refractivity contribution in [2.45, 2.75) is 31.5 Å². The molecule has 0 saturated heterocycles. The second-order valence-electron chi connectivity index (χ2n) is 6.88. The lowest BCUT2D eigenvalue weighted by Gasteiger charge is -2.17. The molecule has 4 rings (SSSR count). The Morgan fingerprint density at radius 2 is 1.93 bits per heavy atom. The van der Waals surface area contributed by atoms with Gasteiger partial charge in [-0.2, -0.15) is 0 Å². The Hall–Kier alpha value is -2.80. The Balaban J connectivity index is 1.42. The Kier molecular flexibility index (Phi) is 5.85. The number of rotatable bonds is 7. The molecule has 0 unspecified atom stereocenters. The number of anilines is 1. The van der Waals surface area contributed by atoms with E-state index in [2.05, 4.69) is 27.8 Å². The van der Waals surface area contributed by atoms with Crippen molar-refractivity contribution in [2.24, 2.45) is 0 Å². The van der Waals surface area contributed by atoms with E-state index < -0.39 is 0 Å². The molecule has 0 fully saturated rings. The van der Waals surface area contributed by atoms with Gasteiger partial charge in [0.15, 0.2) is 5.16 Å². The Labute approximate surface area is 174 Å². The van der Waals surface area contributed by atoms with Crippen LogP contribution in [0.1, 0.15) is 23.9 Å². The number of carbonyl (C=O) groups excluding carboxylic acids is 1. The highest BCUT2D eigenvalue weighted by Gasteiger charge is 2.24. The van der Waals surface area contributed by atoms with Gasteiger partial charge in [0.25, 0.3) is 0 Å². The molecule has 0 bridgehead atoms. The minimum atomic E-state index is 0.113. The Morgan fingerprint density at radius 3 is 2.69 bits per heavy atom. The molecular weight excluding hydrogens is 384 g/mol. The van der Waals surface area contributed by atoms with E-state index in [1.807, 2.05) is 47.4 Å². The Bertz CT molecular complexity index is 1000. The summed E-state index contributed by atoms with van der Waals surface area (Å²) in [6.45, 7) is 3.59. The maximum absolute atomic E-state index is 12.8. The van der Waals surface area contributed by atoms with E-state index in [4.69, 9.17) is 4.74 Å². The third-order valence-corrected chi connectivity index (χ3v) is 6.10. The van der Waals surface area contributed by atoms with E-state index in [0.29, 0.717) is 12.2 Å². The smallest absolute Gasteiger partial charge is 0.237 e. The van der Waals surface area contributed by atoms with Crippen molar-refractivity contribution in [1.82, 2.24) is 14.8 Å². The highest BCUT2D eigenvalue weighted by atomic mass is 32.2. The first kappa shape index (κ1) is 19.5. The fraction of sp³-hybridized carbons (Fsp3) is 0.318. The number of thioether (sulfide) groups is 1. The van der Waals surface area contributed by atoms with Gasteiger partial charge in [-0.25, -0.2) is 0 Å². The van der Waals surface area contributed by atoms with Gasteiger partial charge in [-0.3, -0.25) is 4.79 Å². The van der Waals surface area contributed by atoms with Gasteiger partial charge in [-0.15, -0.1) is 10.2 Å². The monoisotopic (exact) mass is 408 g/mol. The molecule has 3 aromatic rings. The summed E-state index contributed by atoms with van der Waals surface area (Å²) in [7, 11) is 1.66. The molecule has 2 aromatic carbocycles. The van der Waals surface area contributed by atoms with Crippen LogP contribution in [0.2, 0.25) is 0 Å². The number of benzene rings is 2. The quantitative estimate of drug-likeness (QED) is 0.559. The molecule has 29 heavy (non-hydrogen) atoms. The lowest BCUT2D eigenvalue weighted by molar-refractivity contribution is -0.116. The summed E-state index contributed by atoms with van der Waals surface area (Å²) in [5, 5.41) is 9.50. The summed E-state index contributed by atoms with van der Waals surface area (Å²) in [4.78, 5) is 14.7. The largest absolute Gasteiger partial charge is 0.497 e. The topological polar surface area (TPSA) is 60.2 Å². The maximum atomic E-state index is 12.8. The number of aromatic nitrogens is 3. The first-order chi connectivity index (χ1) is 14.2. The van der Waals surface area contributed by atoms with Crippen molar-refractivity contribution in [3.63, 3.8) is 0 Å². The molecular formula is C22H24N4O2S. The van der Waals surface area contributed by atoms with Crippen LogP contribution < -0.4 is 9.64 Å². The number of fused-ring (bicyclic) bond motifs is 1. The van der Waals surface area contributed by atoms with Gasteiger partial charge in [0, 0.05) is 25.2 Å². The number of hydrogen-bond acceptors (Lipinski definition) is 5. The van der Waals surface area contributed by atoms with E-state index >= 15 is 0 Å². The summed E-state index contributed by atoms with van der Waals surface area (Å²) < 4.78 is 7.30. The second kappa shape index (κ2) is 8.69. The summed E-state index contributed by atoms with van der Waals surface area (Å²) in [5.74, 6) is 2.21. The molecule has 1 aliphatic rings. The average molecular weight is 409 g/mol. The average Bonchev–Trinajstić information content (AvgIpc) is 3.36. The lowest BCUT2D eigenvalue weighted by Crippen LogP contribution is -2.30. The van der Waals surface area contributed by atoms with Gasteiger partial charge in [-0.05, 0) is 42.7 Å². The van der Waals surface area contributed by atoms with Crippen molar-refractivity contribution >= 4 is 23.4 Å². The zero-order valence-corrected chi connectivity index (χ0v) is 17.5. The fourth-order valence-electron chi connectivity index (χ4n) is 3.60. The van der Waals surface area contributed by atoms with Crippen LogP contribution in [0.25, 0.3) is 0 Å². The van der Waals surface area contributed by atoms with Crippen LogP contribution in [0.15, 0.2) is 53.7 Å². The number of hydrogen-bond donors (Lipinski definition) is 0. The van der Waals surface area contributed by atoms with E-state index in [9.17, 15) is 4.79 Å². The molecule has 0 aliphatic carbocycles. The zero-order valence-electron chi connectivity index (χ0n) is 16.7. The van der Waals surface area contributed by atoms with Crippen LogP contribution >= 0.6 is 11.8 Å². The maximum Gasteiger partial charge on any atom is 0.237 e. The third kappa shape index (κ3) is 4.15. The third-order valence-electron chi connectivity index (χ3n) is 5.14. The number of amides is 1. The van der Waals surface area contributed by atoms with Crippen LogP contribution in [-0.4, -0.2) is 40.1 Å². The van der Waals surface area contributed by atoms with Gasteiger partial charge >= 0.3 is 0 Å². The summed E-state index contributed by atoms with van der Waals surface area (Å²) in [5.41, 5.74) is 3.42. The fourth-order valence-corrected chi connectivity index (χ4v) is 4.50. The van der Waals surface area contributed by atoms with E-state index in [1.54, 1.807) is 7.11 Å². The summed E-state index contributed by atoms with van der Waals surface area (Å²) in [6, 6.07) is 16.1. The molecule has 7 heteroatoms. The van der Waals surface area contributed by atoms with Crippen LogP contribution in [0.3, 0.4) is 0 Å². The normalized spacial score (nSPS) is 12.8. The number of ether oxygens (including phenoxy) is 1. The Morgan fingerprint density at radius 1 is 1.14 bits per heavy atom. The number of methoxy groups -OCH3 is 1. The molecule has 0 radical (unpaired) electrons. The molecule has 1 aliphatic heterocycles. The van der Waals surface area contributed by atoms with Gasteiger partial charge < -0.3 is 14.2 Å². The van der Waals surface area contributed by atoms with Gasteiger partial charge in [0.05, 0.1) is 12.9 Å². The van der Waals surface area contributed by atoms with Crippen molar-refractivity contribution < 1.29 is 9.53 Å². The predicted molar refractivity (Wildman–Crippen MR) is 115 cm³/mol. The minimum Gasteiger partial charge on any atom is -0.497 e. The summed E-state index contributed by atoms with van der Waals surface area (Å²) in [6.07, 6.45) is 1.61.